The van der Waals surface area contributed by atoms with Crippen LogP contribution in [0.15, 0.2) is 18.7 Å². The van der Waals surface area contributed by atoms with Crippen LogP contribution in [0.1, 0.15) is 18.8 Å². The highest BCUT2D eigenvalue weighted by Gasteiger charge is 2.11. The third kappa shape index (κ3) is 2.13. The summed E-state index contributed by atoms with van der Waals surface area (Å²) in [5.41, 5.74) is 0. The van der Waals surface area contributed by atoms with Gasteiger partial charge in [-0.3, -0.25) is 0 Å². The number of hydrogen-bond donors (Lipinski definition) is 1. The van der Waals surface area contributed by atoms with Gasteiger partial charge in [-0.2, -0.15) is 4.39 Å². The molecule has 6 nitrogen and oxygen atoms in total. The van der Waals surface area contributed by atoms with E-state index in [4.69, 9.17) is 0 Å². The van der Waals surface area contributed by atoms with Crippen LogP contribution in [0, 0.1) is 5.95 Å². The summed E-state index contributed by atoms with van der Waals surface area (Å²) in [6, 6.07) is 1.12. The highest BCUT2D eigenvalue weighted by Crippen LogP contribution is 2.14. The number of nitrogens with zero attached hydrogens (tertiary/aromatic N) is 5. The van der Waals surface area contributed by atoms with E-state index in [0.29, 0.717) is 5.82 Å². The van der Waals surface area contributed by atoms with Crippen molar-refractivity contribution in [2.75, 3.05) is 5.32 Å². The van der Waals surface area contributed by atoms with Gasteiger partial charge < -0.3 is 9.88 Å². The van der Waals surface area contributed by atoms with Crippen molar-refractivity contribution in [3.8, 4) is 0 Å². The molecule has 0 amide bonds. The normalized spacial score (nSPS) is 12.4. The Morgan fingerprint density at radius 1 is 1.44 bits per heavy atom. The summed E-state index contributed by atoms with van der Waals surface area (Å²) in [6.45, 7) is 1.89. The van der Waals surface area contributed by atoms with Gasteiger partial charge in [0.2, 0.25) is 5.95 Å². The fraction of sp³-hybridized carbons (Fsp3) is 0.333. The second-order valence-corrected chi connectivity index (χ2v) is 3.39. The standard InChI is InChI=1S/C9H11FN6/c1-6(9-15-13-5-16(9)2)14-8-3-7(10)11-4-12-8/h3-6H,1-2H3,(H,11,12,14). The van der Waals surface area contributed by atoms with Crippen LogP contribution in [0.5, 0.6) is 0 Å². The van der Waals surface area contributed by atoms with Crippen LogP contribution in [0.4, 0.5) is 10.2 Å². The van der Waals surface area contributed by atoms with E-state index in [9.17, 15) is 4.39 Å². The van der Waals surface area contributed by atoms with E-state index in [-0.39, 0.29) is 6.04 Å². The number of anilines is 1. The van der Waals surface area contributed by atoms with Gasteiger partial charge in [0.25, 0.3) is 0 Å². The lowest BCUT2D eigenvalue weighted by Gasteiger charge is -2.12. The molecule has 2 aromatic heterocycles. The van der Waals surface area contributed by atoms with Crippen molar-refractivity contribution in [2.24, 2.45) is 7.05 Å². The fourth-order valence-electron chi connectivity index (χ4n) is 1.38. The van der Waals surface area contributed by atoms with Gasteiger partial charge in [-0.1, -0.05) is 0 Å². The van der Waals surface area contributed by atoms with Gasteiger partial charge in [0.1, 0.15) is 18.5 Å². The SMILES string of the molecule is CC(Nc1cc(F)ncn1)c1nncn1C. The maximum absolute atomic E-state index is 12.8. The van der Waals surface area contributed by atoms with Gasteiger partial charge in [0.05, 0.1) is 6.04 Å². The zero-order valence-electron chi connectivity index (χ0n) is 8.92. The first kappa shape index (κ1) is 10.5. The van der Waals surface area contributed by atoms with E-state index in [1.165, 1.54) is 12.4 Å². The highest BCUT2D eigenvalue weighted by molar-refractivity contribution is 5.34. The molecule has 1 unspecified atom stereocenters. The average molecular weight is 222 g/mol. The van der Waals surface area contributed by atoms with Crippen LogP contribution in [-0.2, 0) is 7.05 Å². The van der Waals surface area contributed by atoms with Crippen molar-refractivity contribution >= 4 is 5.82 Å². The molecule has 7 heteroatoms. The number of hydrogen-bond acceptors (Lipinski definition) is 5. The van der Waals surface area contributed by atoms with Gasteiger partial charge >= 0.3 is 0 Å². The number of halogens is 1. The second-order valence-electron chi connectivity index (χ2n) is 3.39. The maximum atomic E-state index is 12.8. The van der Waals surface area contributed by atoms with E-state index in [1.807, 2.05) is 14.0 Å². The Balaban J connectivity index is 2.14. The minimum atomic E-state index is -0.567. The van der Waals surface area contributed by atoms with Crippen molar-refractivity contribution in [1.82, 2.24) is 24.7 Å². The molecule has 2 rings (SSSR count). The van der Waals surface area contributed by atoms with Gasteiger partial charge in [0.15, 0.2) is 5.82 Å². The predicted octanol–water partition coefficient (Wildman–Crippen LogP) is 0.917. The molecule has 2 heterocycles. The second kappa shape index (κ2) is 4.21. The molecule has 0 aliphatic heterocycles. The molecular formula is C9H11FN6. The van der Waals surface area contributed by atoms with Crippen LogP contribution in [0.25, 0.3) is 0 Å². The molecule has 84 valence electrons. The van der Waals surface area contributed by atoms with Crippen molar-refractivity contribution in [3.63, 3.8) is 0 Å². The third-order valence-corrected chi connectivity index (χ3v) is 2.13. The van der Waals surface area contributed by atoms with Gasteiger partial charge in [0, 0.05) is 13.1 Å². The third-order valence-electron chi connectivity index (χ3n) is 2.13. The van der Waals surface area contributed by atoms with Gasteiger partial charge in [-0.05, 0) is 6.92 Å². The van der Waals surface area contributed by atoms with Crippen molar-refractivity contribution in [2.45, 2.75) is 13.0 Å². The van der Waals surface area contributed by atoms with E-state index in [1.54, 1.807) is 10.9 Å². The van der Waals surface area contributed by atoms with E-state index in [0.717, 1.165) is 5.82 Å². The Labute approximate surface area is 91.6 Å². The van der Waals surface area contributed by atoms with Crippen molar-refractivity contribution in [1.29, 1.82) is 0 Å². The quantitative estimate of drug-likeness (QED) is 0.782. The molecule has 0 saturated carbocycles. The Kier molecular flexibility index (Phi) is 2.76. The molecular weight excluding hydrogens is 211 g/mol. The summed E-state index contributed by atoms with van der Waals surface area (Å²) in [6.07, 6.45) is 2.77. The Hall–Kier alpha value is -2.05. The molecule has 0 saturated heterocycles. The first-order valence-electron chi connectivity index (χ1n) is 4.75. The fourth-order valence-corrected chi connectivity index (χ4v) is 1.38. The summed E-state index contributed by atoms with van der Waals surface area (Å²) >= 11 is 0. The number of nitrogens with one attached hydrogen (secondary N) is 1. The lowest BCUT2D eigenvalue weighted by molar-refractivity contribution is 0.579. The first-order valence-corrected chi connectivity index (χ1v) is 4.75. The van der Waals surface area contributed by atoms with Crippen LogP contribution in [0.2, 0.25) is 0 Å². The summed E-state index contributed by atoms with van der Waals surface area (Å²) in [4.78, 5) is 7.28. The number of rotatable bonds is 3. The molecule has 0 spiro atoms. The zero-order chi connectivity index (χ0) is 11.5. The molecule has 0 aliphatic rings. The molecule has 0 bridgehead atoms. The van der Waals surface area contributed by atoms with E-state index in [2.05, 4.69) is 25.5 Å². The minimum absolute atomic E-state index is 0.109. The van der Waals surface area contributed by atoms with Crippen LogP contribution in [0.3, 0.4) is 0 Å². The average Bonchev–Trinajstić information content (AvgIpc) is 2.64. The molecule has 0 aliphatic carbocycles. The molecule has 0 aromatic carbocycles. The van der Waals surface area contributed by atoms with Crippen LogP contribution < -0.4 is 5.32 Å². The summed E-state index contributed by atoms with van der Waals surface area (Å²) in [7, 11) is 1.84. The lowest BCUT2D eigenvalue weighted by atomic mass is 10.3. The monoisotopic (exact) mass is 222 g/mol. The Bertz CT molecular complexity index is 482. The maximum Gasteiger partial charge on any atom is 0.217 e. The molecule has 0 fully saturated rings. The zero-order valence-corrected chi connectivity index (χ0v) is 8.92. The van der Waals surface area contributed by atoms with E-state index < -0.39 is 5.95 Å². The summed E-state index contributed by atoms with van der Waals surface area (Å²) in [5.74, 6) is 0.602. The topological polar surface area (TPSA) is 68.5 Å². The lowest BCUT2D eigenvalue weighted by Crippen LogP contribution is -2.13. The highest BCUT2D eigenvalue weighted by atomic mass is 19.1. The van der Waals surface area contributed by atoms with Gasteiger partial charge in [-0.25, -0.2) is 9.97 Å². The molecule has 0 radical (unpaired) electrons. The molecule has 2 aromatic rings. The first-order chi connectivity index (χ1) is 7.66. The minimum Gasteiger partial charge on any atom is -0.360 e. The predicted molar refractivity (Wildman–Crippen MR) is 55.0 cm³/mol. The smallest absolute Gasteiger partial charge is 0.217 e. The Morgan fingerprint density at radius 2 is 2.25 bits per heavy atom. The summed E-state index contributed by atoms with van der Waals surface area (Å²) in [5, 5.41) is 10.7. The van der Waals surface area contributed by atoms with Gasteiger partial charge in [-0.15, -0.1) is 10.2 Å². The Morgan fingerprint density at radius 3 is 2.88 bits per heavy atom. The van der Waals surface area contributed by atoms with Crippen LogP contribution >= 0.6 is 0 Å². The van der Waals surface area contributed by atoms with E-state index >= 15 is 0 Å². The largest absolute Gasteiger partial charge is 0.360 e. The molecule has 1 atom stereocenters. The van der Waals surface area contributed by atoms with Crippen molar-refractivity contribution in [3.05, 3.63) is 30.5 Å². The summed E-state index contributed by atoms with van der Waals surface area (Å²) < 4.78 is 14.6. The number of aromatic nitrogens is 5. The molecule has 1 N–H and O–H groups in total. The number of aryl methyl sites for hydroxylation is 1. The van der Waals surface area contributed by atoms with Crippen LogP contribution in [-0.4, -0.2) is 24.7 Å². The molecule has 16 heavy (non-hydrogen) atoms. The van der Waals surface area contributed by atoms with Crippen molar-refractivity contribution < 1.29 is 4.39 Å².